The highest BCUT2D eigenvalue weighted by Gasteiger charge is 2.34. The molecule has 1 fully saturated rings. The summed E-state index contributed by atoms with van der Waals surface area (Å²) >= 11 is 3.65. The van der Waals surface area contributed by atoms with Crippen molar-refractivity contribution in [3.05, 3.63) is 64.7 Å². The third kappa shape index (κ3) is 7.14. The number of ether oxygens (including phenoxy) is 2. The maximum absolute atomic E-state index is 12.8. The summed E-state index contributed by atoms with van der Waals surface area (Å²) in [6.45, 7) is 10.6. The van der Waals surface area contributed by atoms with Gasteiger partial charge in [0.05, 0.1) is 28.8 Å². The van der Waals surface area contributed by atoms with Crippen LogP contribution in [0.25, 0.3) is 11.0 Å². The molecule has 0 spiro atoms. The van der Waals surface area contributed by atoms with Crippen molar-refractivity contribution in [1.82, 2.24) is 24.8 Å². The minimum absolute atomic E-state index is 0.198. The molecule has 1 aliphatic heterocycles. The van der Waals surface area contributed by atoms with Crippen molar-refractivity contribution in [2.24, 2.45) is 0 Å². The van der Waals surface area contributed by atoms with Gasteiger partial charge in [0.1, 0.15) is 34.8 Å². The van der Waals surface area contributed by atoms with Crippen molar-refractivity contribution in [3.8, 4) is 11.5 Å². The van der Waals surface area contributed by atoms with E-state index in [0.29, 0.717) is 48.1 Å². The molecule has 4 heterocycles. The number of halogens is 1. The van der Waals surface area contributed by atoms with Crippen LogP contribution in [0.5, 0.6) is 11.5 Å². The van der Waals surface area contributed by atoms with Crippen LogP contribution < -0.4 is 15.0 Å². The normalized spacial score (nSPS) is 15.5. The number of carbonyl (C=O) groups is 1. The van der Waals surface area contributed by atoms with Crippen molar-refractivity contribution in [2.75, 3.05) is 36.5 Å². The molecule has 5 rings (SSSR count). The van der Waals surface area contributed by atoms with E-state index in [0.717, 1.165) is 33.6 Å². The molecule has 0 saturated carbocycles. The summed E-state index contributed by atoms with van der Waals surface area (Å²) in [5.41, 5.74) is 3.42. The van der Waals surface area contributed by atoms with Gasteiger partial charge >= 0.3 is 6.09 Å². The van der Waals surface area contributed by atoms with Crippen LogP contribution in [-0.2, 0) is 11.2 Å². The average molecular weight is 651 g/mol. The topological polar surface area (TPSA) is 126 Å². The van der Waals surface area contributed by atoms with E-state index in [-0.39, 0.29) is 6.61 Å². The Balaban J connectivity index is 1.36. The number of aryl methyl sites for hydroxylation is 2. The number of aromatic nitrogens is 4. The number of rotatable bonds is 7. The molecule has 43 heavy (non-hydrogen) atoms. The van der Waals surface area contributed by atoms with Crippen LogP contribution in [0, 0.1) is 6.92 Å². The molecule has 0 unspecified atom stereocenters. The van der Waals surface area contributed by atoms with E-state index in [4.69, 9.17) is 14.5 Å². The second-order valence-electron chi connectivity index (χ2n) is 11.4. The van der Waals surface area contributed by atoms with Crippen molar-refractivity contribution in [3.63, 3.8) is 0 Å². The quantitative estimate of drug-likeness (QED) is 0.246. The number of amides is 1. The third-order valence-corrected chi connectivity index (χ3v) is 7.58. The molecule has 1 atom stereocenters. The number of aliphatic hydroxyl groups excluding tert-OH is 1. The lowest BCUT2D eigenvalue weighted by molar-refractivity contribution is 0.00698. The number of piperazine rings is 1. The van der Waals surface area contributed by atoms with Gasteiger partial charge in [0.2, 0.25) is 0 Å². The minimum Gasteiger partial charge on any atom is -0.455 e. The maximum atomic E-state index is 12.8. The molecule has 0 radical (unpaired) electrons. The standard InChI is InChI=1S/C31H36BrN7O4/c1-6-20-7-9-23(15-33-20)42-26-10-8-21(13-19(26)2)36-28-27-25(34-18-35-28)14-24(32)29(37-27)38-11-12-39(22(16-38)17-40)30(41)43-31(3,4)5/h7-10,13-15,18,22,40H,6,11-12,16-17H2,1-5H3,(H,34,35,36)/t22-/m0/s1. The first kappa shape index (κ1) is 30.4. The summed E-state index contributed by atoms with van der Waals surface area (Å²) < 4.78 is 12.4. The Kier molecular flexibility index (Phi) is 8.97. The van der Waals surface area contributed by atoms with E-state index in [2.05, 4.69) is 43.1 Å². The molecule has 0 aliphatic carbocycles. The van der Waals surface area contributed by atoms with Gasteiger partial charge in [0.25, 0.3) is 0 Å². The summed E-state index contributed by atoms with van der Waals surface area (Å²) in [6.07, 6.45) is 3.67. The predicted molar refractivity (Wildman–Crippen MR) is 169 cm³/mol. The predicted octanol–water partition coefficient (Wildman–Crippen LogP) is 6.01. The molecule has 3 aromatic heterocycles. The summed E-state index contributed by atoms with van der Waals surface area (Å²) in [5, 5.41) is 13.5. The van der Waals surface area contributed by atoms with Crippen molar-refractivity contribution >= 4 is 50.4 Å². The lowest BCUT2D eigenvalue weighted by Crippen LogP contribution is -2.57. The minimum atomic E-state index is -0.620. The van der Waals surface area contributed by atoms with Gasteiger partial charge in [-0.1, -0.05) is 6.92 Å². The van der Waals surface area contributed by atoms with Gasteiger partial charge in [-0.2, -0.15) is 0 Å². The van der Waals surface area contributed by atoms with Crippen molar-refractivity contribution in [1.29, 1.82) is 0 Å². The van der Waals surface area contributed by atoms with Crippen LogP contribution in [0.3, 0.4) is 0 Å². The SMILES string of the molecule is CCc1ccc(Oc2ccc(Nc3ncnc4cc(Br)c(N5CCN(C(=O)OC(C)(C)C)[C@H](CO)C5)nc34)cc2C)cn1. The molecular weight excluding hydrogens is 614 g/mol. The molecular formula is C31H36BrN7O4. The molecule has 226 valence electrons. The lowest BCUT2D eigenvalue weighted by atomic mass is 10.1. The Hall–Kier alpha value is -4.03. The smallest absolute Gasteiger partial charge is 0.410 e. The number of anilines is 3. The van der Waals surface area contributed by atoms with Crippen LogP contribution in [0.15, 0.2) is 53.4 Å². The van der Waals surface area contributed by atoms with Gasteiger partial charge in [0, 0.05) is 31.0 Å². The van der Waals surface area contributed by atoms with Gasteiger partial charge in [0.15, 0.2) is 5.82 Å². The van der Waals surface area contributed by atoms with Crippen LogP contribution in [-0.4, -0.2) is 73.9 Å². The Morgan fingerprint density at radius 2 is 1.95 bits per heavy atom. The molecule has 1 aromatic carbocycles. The van der Waals surface area contributed by atoms with Crippen LogP contribution >= 0.6 is 15.9 Å². The highest BCUT2D eigenvalue weighted by atomic mass is 79.9. The first-order valence-electron chi connectivity index (χ1n) is 14.2. The monoisotopic (exact) mass is 649 g/mol. The van der Waals surface area contributed by atoms with Gasteiger partial charge < -0.3 is 24.8 Å². The summed E-state index contributed by atoms with van der Waals surface area (Å²) in [6, 6.07) is 11.2. The summed E-state index contributed by atoms with van der Waals surface area (Å²) in [4.78, 5) is 34.6. The van der Waals surface area contributed by atoms with Crippen LogP contribution in [0.2, 0.25) is 0 Å². The molecule has 12 heteroatoms. The third-order valence-electron chi connectivity index (χ3n) is 6.99. The zero-order valence-electron chi connectivity index (χ0n) is 25.0. The second-order valence-corrected chi connectivity index (χ2v) is 12.2. The van der Waals surface area contributed by atoms with Gasteiger partial charge in [-0.25, -0.2) is 19.7 Å². The summed E-state index contributed by atoms with van der Waals surface area (Å²) in [7, 11) is 0. The molecule has 11 nitrogen and oxygen atoms in total. The largest absolute Gasteiger partial charge is 0.455 e. The Morgan fingerprint density at radius 1 is 1.14 bits per heavy atom. The number of nitrogens with one attached hydrogen (secondary N) is 1. The zero-order chi connectivity index (χ0) is 30.7. The fraction of sp³-hybridized carbons (Fsp3) is 0.387. The van der Waals surface area contributed by atoms with Crippen LogP contribution in [0.1, 0.15) is 39.0 Å². The molecule has 4 aromatic rings. The molecule has 0 bridgehead atoms. The number of benzene rings is 1. The van der Waals surface area contributed by atoms with Crippen molar-refractivity contribution < 1.29 is 19.4 Å². The van der Waals surface area contributed by atoms with Gasteiger partial charge in [-0.15, -0.1) is 0 Å². The number of carbonyl (C=O) groups excluding carboxylic acids is 1. The average Bonchev–Trinajstić information content (AvgIpc) is 2.97. The molecule has 1 saturated heterocycles. The van der Waals surface area contributed by atoms with Crippen LogP contribution in [0.4, 0.5) is 22.1 Å². The number of pyridine rings is 2. The van der Waals surface area contributed by atoms with Crippen molar-refractivity contribution in [2.45, 2.75) is 52.7 Å². The van der Waals surface area contributed by atoms with E-state index < -0.39 is 17.7 Å². The molecule has 1 aliphatic rings. The fourth-order valence-corrected chi connectivity index (χ4v) is 5.37. The van der Waals surface area contributed by atoms with E-state index in [1.165, 1.54) is 6.33 Å². The van der Waals surface area contributed by atoms with Gasteiger partial charge in [-0.3, -0.25) is 9.88 Å². The number of aliphatic hydroxyl groups is 1. The van der Waals surface area contributed by atoms with Gasteiger partial charge in [-0.05, 0) is 92.0 Å². The first-order chi connectivity index (χ1) is 20.5. The van der Waals surface area contributed by atoms with E-state index in [1.807, 2.05) is 69.0 Å². The maximum Gasteiger partial charge on any atom is 0.410 e. The highest BCUT2D eigenvalue weighted by Crippen LogP contribution is 2.33. The summed E-state index contributed by atoms with van der Waals surface area (Å²) in [5.74, 6) is 2.64. The second kappa shape index (κ2) is 12.7. The molecule has 2 N–H and O–H groups in total. The van der Waals surface area contributed by atoms with E-state index >= 15 is 0 Å². The molecule has 1 amide bonds. The highest BCUT2D eigenvalue weighted by molar-refractivity contribution is 9.10. The fourth-order valence-electron chi connectivity index (χ4n) is 4.82. The zero-order valence-corrected chi connectivity index (χ0v) is 26.6. The number of hydrogen-bond donors (Lipinski definition) is 2. The number of nitrogens with zero attached hydrogens (tertiary/aromatic N) is 6. The number of hydrogen-bond acceptors (Lipinski definition) is 10. The number of fused-ring (bicyclic) bond motifs is 1. The van der Waals surface area contributed by atoms with E-state index in [9.17, 15) is 9.90 Å². The Labute approximate surface area is 259 Å². The Bertz CT molecular complexity index is 1610. The first-order valence-corrected chi connectivity index (χ1v) is 15.0. The Morgan fingerprint density at radius 3 is 2.63 bits per heavy atom. The van der Waals surface area contributed by atoms with E-state index in [1.54, 1.807) is 11.1 Å². The lowest BCUT2D eigenvalue weighted by Gasteiger charge is -2.41.